The van der Waals surface area contributed by atoms with Gasteiger partial charge in [0.2, 0.25) is 0 Å². The number of carboxylic acid groups (broad SMARTS) is 1. The maximum absolute atomic E-state index is 10.4. The van der Waals surface area contributed by atoms with Gasteiger partial charge in [-0.2, -0.15) is 5.26 Å². The molecule has 60 valence electrons. The second kappa shape index (κ2) is 3.32. The number of carbonyl (C=O) groups is 1. The zero-order valence-corrected chi connectivity index (χ0v) is 7.37. The molecule has 0 unspecified atom stereocenters. The standard InChI is InChI=1S/C7H3BrN2O2/c8-6-4(2-9)1-5(3-10-6)7(11)12/h1,3H,(H,11,12). The van der Waals surface area contributed by atoms with Gasteiger partial charge >= 0.3 is 5.97 Å². The first kappa shape index (κ1) is 8.68. The Morgan fingerprint density at radius 2 is 2.42 bits per heavy atom. The van der Waals surface area contributed by atoms with Crippen LogP contribution in [0.1, 0.15) is 15.9 Å². The molecule has 0 bridgehead atoms. The van der Waals surface area contributed by atoms with Crippen molar-refractivity contribution in [2.45, 2.75) is 0 Å². The van der Waals surface area contributed by atoms with E-state index < -0.39 is 5.97 Å². The zero-order valence-electron chi connectivity index (χ0n) is 5.78. The topological polar surface area (TPSA) is 74.0 Å². The van der Waals surface area contributed by atoms with Crippen molar-refractivity contribution in [2.24, 2.45) is 0 Å². The molecule has 1 aromatic rings. The molecule has 1 heterocycles. The minimum Gasteiger partial charge on any atom is -0.478 e. The van der Waals surface area contributed by atoms with Crippen LogP contribution >= 0.6 is 15.9 Å². The number of aromatic nitrogens is 1. The fraction of sp³-hybridized carbons (Fsp3) is 0. The molecular weight excluding hydrogens is 224 g/mol. The Bertz CT molecular complexity index is 370. The highest BCUT2D eigenvalue weighted by Gasteiger charge is 2.06. The van der Waals surface area contributed by atoms with Crippen molar-refractivity contribution in [1.82, 2.24) is 4.98 Å². The molecule has 0 saturated carbocycles. The molecular formula is C7H3BrN2O2. The monoisotopic (exact) mass is 226 g/mol. The van der Waals surface area contributed by atoms with E-state index in [-0.39, 0.29) is 11.1 Å². The average Bonchev–Trinajstić information content (AvgIpc) is 2.05. The van der Waals surface area contributed by atoms with E-state index in [1.165, 1.54) is 12.3 Å². The highest BCUT2D eigenvalue weighted by Crippen LogP contribution is 2.13. The van der Waals surface area contributed by atoms with E-state index in [1.807, 2.05) is 6.07 Å². The largest absolute Gasteiger partial charge is 0.478 e. The molecule has 5 heteroatoms. The second-order valence-corrected chi connectivity index (χ2v) is 2.73. The first-order valence-corrected chi connectivity index (χ1v) is 3.73. The van der Waals surface area contributed by atoms with Crippen LogP contribution in [-0.2, 0) is 0 Å². The van der Waals surface area contributed by atoms with Gasteiger partial charge in [-0.25, -0.2) is 9.78 Å². The molecule has 4 nitrogen and oxygen atoms in total. The Labute approximate surface area is 76.6 Å². The summed E-state index contributed by atoms with van der Waals surface area (Å²) in [4.78, 5) is 14.1. The number of halogens is 1. The van der Waals surface area contributed by atoms with Crippen molar-refractivity contribution in [3.8, 4) is 6.07 Å². The molecule has 0 aliphatic heterocycles. The normalized spacial score (nSPS) is 9.00. The summed E-state index contributed by atoms with van der Waals surface area (Å²) in [7, 11) is 0. The quantitative estimate of drug-likeness (QED) is 0.736. The molecule has 0 aromatic carbocycles. The molecule has 0 spiro atoms. The lowest BCUT2D eigenvalue weighted by Crippen LogP contribution is -1.98. The van der Waals surface area contributed by atoms with E-state index in [0.717, 1.165) is 0 Å². The van der Waals surface area contributed by atoms with Gasteiger partial charge in [0.05, 0.1) is 11.1 Å². The number of carboxylic acids is 1. The third kappa shape index (κ3) is 1.60. The van der Waals surface area contributed by atoms with Crippen molar-refractivity contribution in [1.29, 1.82) is 5.26 Å². The molecule has 1 N–H and O–H groups in total. The highest BCUT2D eigenvalue weighted by molar-refractivity contribution is 9.10. The fourth-order valence-corrected chi connectivity index (χ4v) is 0.949. The summed E-state index contributed by atoms with van der Waals surface area (Å²) in [5, 5.41) is 17.0. The van der Waals surface area contributed by atoms with Gasteiger partial charge in [-0.1, -0.05) is 0 Å². The number of rotatable bonds is 1. The summed E-state index contributed by atoms with van der Waals surface area (Å²) in [6, 6.07) is 3.08. The first-order valence-electron chi connectivity index (χ1n) is 2.94. The highest BCUT2D eigenvalue weighted by atomic mass is 79.9. The summed E-state index contributed by atoms with van der Waals surface area (Å²) < 4.78 is 0.356. The number of nitriles is 1. The number of aromatic carboxylic acids is 1. The van der Waals surface area contributed by atoms with Crippen molar-refractivity contribution >= 4 is 21.9 Å². The Balaban J connectivity index is 3.25. The van der Waals surface area contributed by atoms with Gasteiger partial charge in [0.1, 0.15) is 10.7 Å². The lowest BCUT2D eigenvalue weighted by molar-refractivity contribution is 0.0696. The van der Waals surface area contributed by atoms with Crippen LogP contribution in [0.15, 0.2) is 16.9 Å². The van der Waals surface area contributed by atoms with Gasteiger partial charge in [0.15, 0.2) is 0 Å². The van der Waals surface area contributed by atoms with Gasteiger partial charge < -0.3 is 5.11 Å². The van der Waals surface area contributed by atoms with Gasteiger partial charge in [0.25, 0.3) is 0 Å². The van der Waals surface area contributed by atoms with Crippen molar-refractivity contribution in [3.63, 3.8) is 0 Å². The molecule has 0 fully saturated rings. The van der Waals surface area contributed by atoms with E-state index in [4.69, 9.17) is 10.4 Å². The molecule has 0 aliphatic carbocycles. The Morgan fingerprint density at radius 1 is 1.75 bits per heavy atom. The van der Waals surface area contributed by atoms with Gasteiger partial charge in [-0.15, -0.1) is 0 Å². The van der Waals surface area contributed by atoms with E-state index >= 15 is 0 Å². The van der Waals surface area contributed by atoms with Crippen LogP contribution in [0.4, 0.5) is 0 Å². The number of nitrogens with zero attached hydrogens (tertiary/aromatic N) is 2. The summed E-state index contributed by atoms with van der Waals surface area (Å²) in [5.41, 5.74) is 0.227. The third-order valence-corrected chi connectivity index (χ3v) is 1.84. The van der Waals surface area contributed by atoms with E-state index in [0.29, 0.717) is 4.60 Å². The molecule has 1 rings (SSSR count). The van der Waals surface area contributed by atoms with Crippen molar-refractivity contribution < 1.29 is 9.90 Å². The Kier molecular flexibility index (Phi) is 2.41. The maximum atomic E-state index is 10.4. The van der Waals surface area contributed by atoms with Crippen LogP contribution in [0.3, 0.4) is 0 Å². The summed E-state index contributed by atoms with van der Waals surface area (Å²) in [6.07, 6.45) is 1.19. The Morgan fingerprint density at radius 3 is 2.92 bits per heavy atom. The predicted octanol–water partition coefficient (Wildman–Crippen LogP) is 1.41. The van der Waals surface area contributed by atoms with E-state index in [9.17, 15) is 4.79 Å². The molecule has 0 radical (unpaired) electrons. The van der Waals surface area contributed by atoms with Crippen LogP contribution < -0.4 is 0 Å². The van der Waals surface area contributed by atoms with Crippen LogP contribution in [-0.4, -0.2) is 16.1 Å². The zero-order chi connectivity index (χ0) is 9.14. The number of hydrogen-bond acceptors (Lipinski definition) is 3. The second-order valence-electron chi connectivity index (χ2n) is 1.98. The number of hydrogen-bond donors (Lipinski definition) is 1. The summed E-state index contributed by atoms with van der Waals surface area (Å²) in [5.74, 6) is -1.09. The molecule has 0 atom stereocenters. The fourth-order valence-electron chi connectivity index (χ4n) is 0.643. The lowest BCUT2D eigenvalue weighted by atomic mass is 10.2. The van der Waals surface area contributed by atoms with Crippen LogP contribution in [0.25, 0.3) is 0 Å². The van der Waals surface area contributed by atoms with Crippen LogP contribution in [0.5, 0.6) is 0 Å². The molecule has 1 aromatic heterocycles. The molecule has 12 heavy (non-hydrogen) atoms. The van der Waals surface area contributed by atoms with Crippen molar-refractivity contribution in [3.05, 3.63) is 28.0 Å². The third-order valence-electron chi connectivity index (χ3n) is 1.21. The minimum atomic E-state index is -1.09. The summed E-state index contributed by atoms with van der Waals surface area (Å²) >= 11 is 3.01. The van der Waals surface area contributed by atoms with Crippen LogP contribution in [0, 0.1) is 11.3 Å². The smallest absolute Gasteiger partial charge is 0.337 e. The average molecular weight is 227 g/mol. The number of pyridine rings is 1. The van der Waals surface area contributed by atoms with Gasteiger partial charge in [-0.05, 0) is 22.0 Å². The van der Waals surface area contributed by atoms with E-state index in [2.05, 4.69) is 20.9 Å². The minimum absolute atomic E-state index is 0.00903. The summed E-state index contributed by atoms with van der Waals surface area (Å²) in [6.45, 7) is 0. The first-order chi connectivity index (χ1) is 5.65. The predicted molar refractivity (Wildman–Crippen MR) is 43.6 cm³/mol. The van der Waals surface area contributed by atoms with Gasteiger partial charge in [0, 0.05) is 6.20 Å². The molecule has 0 saturated heterocycles. The SMILES string of the molecule is N#Cc1cc(C(=O)O)cnc1Br. The van der Waals surface area contributed by atoms with E-state index in [1.54, 1.807) is 0 Å². The molecule has 0 amide bonds. The van der Waals surface area contributed by atoms with Crippen LogP contribution in [0.2, 0.25) is 0 Å². The Hall–Kier alpha value is -1.41. The molecule has 0 aliphatic rings. The van der Waals surface area contributed by atoms with Crippen molar-refractivity contribution in [2.75, 3.05) is 0 Å². The van der Waals surface area contributed by atoms with Gasteiger partial charge in [-0.3, -0.25) is 0 Å². The maximum Gasteiger partial charge on any atom is 0.337 e. The lowest BCUT2D eigenvalue weighted by Gasteiger charge is -1.95.